The largest absolute Gasteiger partial charge is 0.370 e. The first-order valence-electron chi connectivity index (χ1n) is 7.58. The van der Waals surface area contributed by atoms with Gasteiger partial charge in [0.1, 0.15) is 5.82 Å². The number of nitrogens with one attached hydrogen (secondary N) is 1. The molecule has 24 heavy (non-hydrogen) atoms. The second-order valence-electron chi connectivity index (χ2n) is 5.53. The van der Waals surface area contributed by atoms with E-state index < -0.39 is 29.3 Å². The van der Waals surface area contributed by atoms with Crippen molar-refractivity contribution in [2.45, 2.75) is 26.3 Å². The van der Waals surface area contributed by atoms with E-state index in [1.165, 1.54) is 0 Å². The SMILES string of the molecule is CC(CCc1cc(F)c(F)cc1F)C(=O)ONCc1ccccc1. The van der Waals surface area contributed by atoms with Gasteiger partial charge in [0.15, 0.2) is 11.6 Å². The Hall–Kier alpha value is -2.34. The lowest BCUT2D eigenvalue weighted by Gasteiger charge is -2.12. The van der Waals surface area contributed by atoms with Gasteiger partial charge >= 0.3 is 5.97 Å². The molecule has 0 fully saturated rings. The van der Waals surface area contributed by atoms with Crippen LogP contribution in [0, 0.1) is 23.4 Å². The monoisotopic (exact) mass is 337 g/mol. The maximum Gasteiger partial charge on any atom is 0.327 e. The molecule has 0 saturated heterocycles. The Balaban J connectivity index is 1.78. The van der Waals surface area contributed by atoms with Crippen LogP contribution in [0.4, 0.5) is 13.2 Å². The summed E-state index contributed by atoms with van der Waals surface area (Å²) in [6, 6.07) is 10.7. The maximum atomic E-state index is 13.5. The molecular formula is C18H18F3NO2. The predicted octanol–water partition coefficient (Wildman–Crippen LogP) is 3.92. The average molecular weight is 337 g/mol. The molecule has 2 aromatic rings. The molecule has 0 amide bonds. The summed E-state index contributed by atoms with van der Waals surface area (Å²) >= 11 is 0. The summed E-state index contributed by atoms with van der Waals surface area (Å²) in [6.07, 6.45) is 0.367. The first-order chi connectivity index (χ1) is 11.5. The average Bonchev–Trinajstić information content (AvgIpc) is 2.57. The van der Waals surface area contributed by atoms with Crippen LogP contribution >= 0.6 is 0 Å². The topological polar surface area (TPSA) is 38.3 Å². The molecule has 1 unspecified atom stereocenters. The number of carbonyl (C=O) groups excluding carboxylic acids is 1. The molecule has 1 N–H and O–H groups in total. The highest BCUT2D eigenvalue weighted by atomic mass is 19.2. The number of hydrogen-bond acceptors (Lipinski definition) is 3. The van der Waals surface area contributed by atoms with Gasteiger partial charge in [0.2, 0.25) is 0 Å². The Morgan fingerprint density at radius 3 is 2.46 bits per heavy atom. The van der Waals surface area contributed by atoms with E-state index in [1.54, 1.807) is 6.92 Å². The minimum Gasteiger partial charge on any atom is -0.370 e. The van der Waals surface area contributed by atoms with Gasteiger partial charge in [-0.25, -0.2) is 13.2 Å². The molecule has 0 aromatic heterocycles. The Labute approximate surface area is 138 Å². The second-order valence-corrected chi connectivity index (χ2v) is 5.53. The van der Waals surface area contributed by atoms with Crippen molar-refractivity contribution < 1.29 is 22.8 Å². The van der Waals surface area contributed by atoms with Crippen LogP contribution in [0.5, 0.6) is 0 Å². The van der Waals surface area contributed by atoms with Crippen LogP contribution in [0.1, 0.15) is 24.5 Å². The van der Waals surface area contributed by atoms with Gasteiger partial charge in [0, 0.05) is 6.07 Å². The van der Waals surface area contributed by atoms with E-state index in [0.717, 1.165) is 11.6 Å². The van der Waals surface area contributed by atoms with Gasteiger partial charge in [-0.3, -0.25) is 4.79 Å². The number of aryl methyl sites for hydroxylation is 1. The van der Waals surface area contributed by atoms with E-state index in [4.69, 9.17) is 4.84 Å². The molecule has 128 valence electrons. The number of halogens is 3. The lowest BCUT2D eigenvalue weighted by atomic mass is 10.0. The van der Waals surface area contributed by atoms with Gasteiger partial charge in [0.05, 0.1) is 12.5 Å². The quantitative estimate of drug-likeness (QED) is 0.615. The molecule has 2 aromatic carbocycles. The second kappa shape index (κ2) is 8.49. The fourth-order valence-corrected chi connectivity index (χ4v) is 2.13. The van der Waals surface area contributed by atoms with E-state index in [9.17, 15) is 18.0 Å². The third kappa shape index (κ3) is 5.09. The molecule has 0 saturated carbocycles. The van der Waals surface area contributed by atoms with Crippen molar-refractivity contribution in [2.24, 2.45) is 5.92 Å². The fraction of sp³-hybridized carbons (Fsp3) is 0.278. The van der Waals surface area contributed by atoms with Crippen molar-refractivity contribution in [3.63, 3.8) is 0 Å². The highest BCUT2D eigenvalue weighted by molar-refractivity contribution is 5.71. The molecule has 0 aliphatic rings. The normalized spacial score (nSPS) is 12.0. The zero-order chi connectivity index (χ0) is 17.5. The summed E-state index contributed by atoms with van der Waals surface area (Å²) in [7, 11) is 0. The maximum absolute atomic E-state index is 13.5. The van der Waals surface area contributed by atoms with Gasteiger partial charge in [-0.15, -0.1) is 5.48 Å². The number of hydrogen-bond donors (Lipinski definition) is 1. The molecule has 0 heterocycles. The lowest BCUT2D eigenvalue weighted by Crippen LogP contribution is -2.24. The molecule has 0 aliphatic carbocycles. The summed E-state index contributed by atoms with van der Waals surface area (Å²) in [5, 5.41) is 0. The summed E-state index contributed by atoms with van der Waals surface area (Å²) in [5.74, 6) is -4.16. The zero-order valence-corrected chi connectivity index (χ0v) is 13.2. The smallest absolute Gasteiger partial charge is 0.327 e. The van der Waals surface area contributed by atoms with Crippen molar-refractivity contribution in [3.05, 3.63) is 71.0 Å². The summed E-state index contributed by atoms with van der Waals surface area (Å²) in [5.41, 5.74) is 3.57. The van der Waals surface area contributed by atoms with Gasteiger partial charge in [-0.05, 0) is 30.0 Å². The van der Waals surface area contributed by atoms with Crippen molar-refractivity contribution in [1.82, 2.24) is 5.48 Å². The van der Waals surface area contributed by atoms with Crippen LogP contribution in [0.2, 0.25) is 0 Å². The van der Waals surface area contributed by atoms with Crippen LogP contribution in [0.3, 0.4) is 0 Å². The highest BCUT2D eigenvalue weighted by Gasteiger charge is 2.17. The van der Waals surface area contributed by atoms with Gasteiger partial charge in [-0.2, -0.15) is 0 Å². The van der Waals surface area contributed by atoms with E-state index in [2.05, 4.69) is 5.48 Å². The Morgan fingerprint density at radius 1 is 1.08 bits per heavy atom. The van der Waals surface area contributed by atoms with Crippen LogP contribution in [-0.2, 0) is 22.6 Å². The third-order valence-electron chi connectivity index (χ3n) is 3.63. The zero-order valence-electron chi connectivity index (χ0n) is 13.2. The van der Waals surface area contributed by atoms with Crippen LogP contribution in [0.25, 0.3) is 0 Å². The van der Waals surface area contributed by atoms with Crippen LogP contribution in [-0.4, -0.2) is 5.97 Å². The molecule has 0 bridgehead atoms. The van der Waals surface area contributed by atoms with Crippen molar-refractivity contribution in [1.29, 1.82) is 0 Å². The standard InChI is InChI=1S/C18H18F3NO2/c1-12(7-8-14-9-16(20)17(21)10-15(14)19)18(23)24-22-11-13-5-3-2-4-6-13/h2-6,9-10,12,22H,7-8,11H2,1H3. The Bertz CT molecular complexity index is 692. The van der Waals surface area contributed by atoms with Gasteiger partial charge in [-0.1, -0.05) is 37.3 Å². The Kier molecular flexibility index (Phi) is 6.37. The van der Waals surface area contributed by atoms with E-state index in [-0.39, 0.29) is 18.4 Å². The predicted molar refractivity (Wildman–Crippen MR) is 83.2 cm³/mol. The van der Waals surface area contributed by atoms with E-state index in [0.29, 0.717) is 12.6 Å². The van der Waals surface area contributed by atoms with E-state index in [1.807, 2.05) is 30.3 Å². The highest BCUT2D eigenvalue weighted by Crippen LogP contribution is 2.17. The number of rotatable bonds is 7. The summed E-state index contributed by atoms with van der Waals surface area (Å²) in [4.78, 5) is 16.8. The number of benzene rings is 2. The minimum atomic E-state index is -1.23. The lowest BCUT2D eigenvalue weighted by molar-refractivity contribution is -0.156. The first kappa shape index (κ1) is 18.0. The van der Waals surface area contributed by atoms with Crippen molar-refractivity contribution in [2.75, 3.05) is 0 Å². The van der Waals surface area contributed by atoms with E-state index >= 15 is 0 Å². The van der Waals surface area contributed by atoms with Gasteiger partial charge < -0.3 is 4.84 Å². The molecule has 6 heteroatoms. The molecule has 0 spiro atoms. The number of hydroxylamine groups is 1. The van der Waals surface area contributed by atoms with Gasteiger partial charge in [0.25, 0.3) is 0 Å². The molecule has 0 radical (unpaired) electrons. The number of carbonyl (C=O) groups is 1. The summed E-state index contributed by atoms with van der Waals surface area (Å²) < 4.78 is 39.5. The summed E-state index contributed by atoms with van der Waals surface area (Å²) in [6.45, 7) is 2.00. The molecule has 3 nitrogen and oxygen atoms in total. The van der Waals surface area contributed by atoms with Crippen molar-refractivity contribution in [3.8, 4) is 0 Å². The van der Waals surface area contributed by atoms with Crippen LogP contribution in [0.15, 0.2) is 42.5 Å². The first-order valence-corrected chi connectivity index (χ1v) is 7.58. The van der Waals surface area contributed by atoms with Crippen LogP contribution < -0.4 is 5.48 Å². The third-order valence-corrected chi connectivity index (χ3v) is 3.63. The fourth-order valence-electron chi connectivity index (χ4n) is 2.13. The van der Waals surface area contributed by atoms with Crippen molar-refractivity contribution >= 4 is 5.97 Å². The Morgan fingerprint density at radius 2 is 1.75 bits per heavy atom. The molecule has 2 rings (SSSR count). The minimum absolute atomic E-state index is 0.0331. The molecule has 0 aliphatic heterocycles. The molecular weight excluding hydrogens is 319 g/mol. The molecule has 1 atom stereocenters.